The minimum Gasteiger partial charge on any atom is -0.441 e. The summed E-state index contributed by atoms with van der Waals surface area (Å²) in [4.78, 5) is 16.9. The van der Waals surface area contributed by atoms with Gasteiger partial charge in [0.2, 0.25) is 5.89 Å². The second-order valence-corrected chi connectivity index (χ2v) is 6.72. The van der Waals surface area contributed by atoms with Gasteiger partial charge < -0.3 is 9.73 Å². The van der Waals surface area contributed by atoms with Crippen LogP contribution in [0.25, 0.3) is 11.5 Å². The number of carbonyl (C=O) groups is 1. The van der Waals surface area contributed by atoms with E-state index in [1.54, 1.807) is 6.92 Å². The van der Waals surface area contributed by atoms with E-state index in [9.17, 15) is 4.79 Å². The maximum atomic E-state index is 12.5. The van der Waals surface area contributed by atoms with Gasteiger partial charge in [-0.3, -0.25) is 4.79 Å². The molecule has 0 unspecified atom stereocenters. The average molecular weight is 312 g/mol. The van der Waals surface area contributed by atoms with Crippen molar-refractivity contribution in [2.45, 2.75) is 52.5 Å². The number of aromatic nitrogens is 1. The van der Waals surface area contributed by atoms with E-state index in [-0.39, 0.29) is 11.9 Å². The molecule has 3 rings (SSSR count). The zero-order valence-electron chi connectivity index (χ0n) is 14.1. The van der Waals surface area contributed by atoms with Crippen LogP contribution in [0.4, 0.5) is 0 Å². The van der Waals surface area contributed by atoms with Gasteiger partial charge in [0.15, 0.2) is 5.69 Å². The fourth-order valence-corrected chi connectivity index (χ4v) is 3.08. The van der Waals surface area contributed by atoms with Crippen LogP contribution in [0.5, 0.6) is 0 Å². The predicted octanol–water partition coefficient (Wildman–Crippen LogP) is 4.27. The molecule has 1 amide bonds. The number of aryl methyl sites for hydroxylation is 2. The van der Waals surface area contributed by atoms with Crippen LogP contribution in [0.1, 0.15) is 54.4 Å². The van der Waals surface area contributed by atoms with Gasteiger partial charge in [-0.1, -0.05) is 24.6 Å². The van der Waals surface area contributed by atoms with Gasteiger partial charge in [-0.05, 0) is 57.6 Å². The number of hydrogen-bond donors (Lipinski definition) is 1. The molecule has 1 aromatic carbocycles. The Morgan fingerprint density at radius 1 is 1.13 bits per heavy atom. The molecule has 1 aromatic heterocycles. The number of rotatable bonds is 3. The number of carbonyl (C=O) groups excluding carboxylic acids is 1. The summed E-state index contributed by atoms with van der Waals surface area (Å²) < 4.78 is 5.70. The smallest absolute Gasteiger partial charge is 0.273 e. The Kier molecular flexibility index (Phi) is 4.51. The molecule has 0 radical (unpaired) electrons. The van der Waals surface area contributed by atoms with E-state index in [2.05, 4.69) is 17.2 Å². The lowest BCUT2D eigenvalue weighted by molar-refractivity contribution is 0.0917. The molecule has 4 heteroatoms. The number of oxazole rings is 1. The zero-order chi connectivity index (χ0) is 16.4. The van der Waals surface area contributed by atoms with E-state index in [1.165, 1.54) is 18.4 Å². The van der Waals surface area contributed by atoms with Gasteiger partial charge in [-0.2, -0.15) is 0 Å². The molecule has 0 aliphatic heterocycles. The molecule has 0 saturated heterocycles. The van der Waals surface area contributed by atoms with Crippen molar-refractivity contribution in [2.24, 2.45) is 5.92 Å². The van der Waals surface area contributed by atoms with Crippen LogP contribution in [0.2, 0.25) is 0 Å². The third-order valence-corrected chi connectivity index (χ3v) is 4.66. The van der Waals surface area contributed by atoms with Crippen molar-refractivity contribution in [3.05, 3.63) is 41.3 Å². The number of amides is 1. The minimum absolute atomic E-state index is 0.121. The summed E-state index contributed by atoms with van der Waals surface area (Å²) in [5.74, 6) is 1.72. The van der Waals surface area contributed by atoms with Crippen molar-refractivity contribution < 1.29 is 9.21 Å². The van der Waals surface area contributed by atoms with Crippen LogP contribution in [0, 0.1) is 19.8 Å². The van der Waals surface area contributed by atoms with Crippen LogP contribution in [-0.4, -0.2) is 16.9 Å². The molecule has 1 saturated carbocycles. The first kappa shape index (κ1) is 15.8. The van der Waals surface area contributed by atoms with Crippen LogP contribution in [0.3, 0.4) is 0 Å². The predicted molar refractivity (Wildman–Crippen MR) is 90.3 cm³/mol. The summed E-state index contributed by atoms with van der Waals surface area (Å²) in [6.07, 6.45) is 4.46. The highest BCUT2D eigenvalue weighted by molar-refractivity contribution is 5.93. The largest absolute Gasteiger partial charge is 0.441 e. The Bertz CT molecular complexity index is 680. The molecule has 1 aliphatic carbocycles. The molecule has 0 bridgehead atoms. The van der Waals surface area contributed by atoms with E-state index >= 15 is 0 Å². The second-order valence-electron chi connectivity index (χ2n) is 6.72. The minimum atomic E-state index is -0.121. The lowest BCUT2D eigenvalue weighted by atomic mass is 9.87. The quantitative estimate of drug-likeness (QED) is 0.921. The SMILES string of the molecule is Cc1ccc(-c2nc(C(=O)NC3CCC(C)CC3)c(C)o2)cc1. The van der Waals surface area contributed by atoms with Crippen molar-refractivity contribution in [3.8, 4) is 11.5 Å². The highest BCUT2D eigenvalue weighted by Gasteiger charge is 2.23. The topological polar surface area (TPSA) is 55.1 Å². The first-order valence-corrected chi connectivity index (χ1v) is 8.38. The maximum absolute atomic E-state index is 12.5. The van der Waals surface area contributed by atoms with Gasteiger partial charge in [-0.15, -0.1) is 0 Å². The second kappa shape index (κ2) is 6.57. The van der Waals surface area contributed by atoms with Crippen LogP contribution < -0.4 is 5.32 Å². The number of hydrogen-bond acceptors (Lipinski definition) is 3. The van der Waals surface area contributed by atoms with E-state index in [0.717, 1.165) is 24.3 Å². The number of nitrogens with one attached hydrogen (secondary N) is 1. The van der Waals surface area contributed by atoms with Gasteiger partial charge in [0.25, 0.3) is 5.91 Å². The molecule has 1 aliphatic rings. The Morgan fingerprint density at radius 2 is 1.78 bits per heavy atom. The summed E-state index contributed by atoms with van der Waals surface area (Å²) in [5.41, 5.74) is 2.48. The van der Waals surface area contributed by atoms with Crippen molar-refractivity contribution >= 4 is 5.91 Å². The van der Waals surface area contributed by atoms with Crippen LogP contribution in [-0.2, 0) is 0 Å². The highest BCUT2D eigenvalue weighted by atomic mass is 16.4. The van der Waals surface area contributed by atoms with Gasteiger partial charge in [0.05, 0.1) is 0 Å². The summed E-state index contributed by atoms with van der Waals surface area (Å²) >= 11 is 0. The zero-order valence-corrected chi connectivity index (χ0v) is 14.1. The van der Waals surface area contributed by atoms with Gasteiger partial charge >= 0.3 is 0 Å². The Hall–Kier alpha value is -2.10. The van der Waals surface area contributed by atoms with E-state index in [4.69, 9.17) is 4.42 Å². The van der Waals surface area contributed by atoms with Gasteiger partial charge in [0.1, 0.15) is 5.76 Å². The third kappa shape index (κ3) is 3.63. The van der Waals surface area contributed by atoms with Gasteiger partial charge in [0, 0.05) is 11.6 Å². The van der Waals surface area contributed by atoms with E-state index in [0.29, 0.717) is 17.3 Å². The summed E-state index contributed by atoms with van der Waals surface area (Å²) in [6.45, 7) is 6.10. The Balaban J connectivity index is 1.72. The van der Waals surface area contributed by atoms with Crippen LogP contribution in [0.15, 0.2) is 28.7 Å². The molecule has 1 N–H and O–H groups in total. The number of benzene rings is 1. The average Bonchev–Trinajstić information content (AvgIpc) is 2.92. The van der Waals surface area contributed by atoms with Crippen molar-refractivity contribution in [3.63, 3.8) is 0 Å². The lowest BCUT2D eigenvalue weighted by Gasteiger charge is -2.26. The molecule has 0 atom stereocenters. The summed E-state index contributed by atoms with van der Waals surface area (Å²) in [6, 6.07) is 8.21. The fourth-order valence-electron chi connectivity index (χ4n) is 3.08. The molecule has 0 spiro atoms. The fraction of sp³-hybridized carbons (Fsp3) is 0.474. The molecule has 1 fully saturated rings. The van der Waals surface area contributed by atoms with Crippen molar-refractivity contribution in [1.82, 2.24) is 10.3 Å². The van der Waals surface area contributed by atoms with Crippen molar-refractivity contribution in [2.75, 3.05) is 0 Å². The van der Waals surface area contributed by atoms with E-state index < -0.39 is 0 Å². The Morgan fingerprint density at radius 3 is 2.43 bits per heavy atom. The lowest BCUT2D eigenvalue weighted by Crippen LogP contribution is -2.37. The van der Waals surface area contributed by atoms with Crippen molar-refractivity contribution in [1.29, 1.82) is 0 Å². The third-order valence-electron chi connectivity index (χ3n) is 4.66. The molecular formula is C19H24N2O2. The summed E-state index contributed by atoms with van der Waals surface area (Å²) in [5, 5.41) is 3.11. The molecule has 122 valence electrons. The first-order chi connectivity index (χ1) is 11.0. The van der Waals surface area contributed by atoms with Gasteiger partial charge in [-0.25, -0.2) is 4.98 Å². The normalized spacial score (nSPS) is 21.2. The molecular weight excluding hydrogens is 288 g/mol. The summed E-state index contributed by atoms with van der Waals surface area (Å²) in [7, 11) is 0. The molecule has 4 nitrogen and oxygen atoms in total. The monoisotopic (exact) mass is 312 g/mol. The highest BCUT2D eigenvalue weighted by Crippen LogP contribution is 2.25. The standard InChI is InChI=1S/C19H24N2O2/c1-12-4-8-15(9-5-12)19-21-17(14(3)23-19)18(22)20-16-10-6-13(2)7-11-16/h4-5,8-9,13,16H,6-7,10-11H2,1-3H3,(H,20,22). The first-order valence-electron chi connectivity index (χ1n) is 8.38. The van der Waals surface area contributed by atoms with E-state index in [1.807, 2.05) is 31.2 Å². The molecule has 1 heterocycles. The maximum Gasteiger partial charge on any atom is 0.273 e. The molecule has 23 heavy (non-hydrogen) atoms. The van der Waals surface area contributed by atoms with Crippen LogP contribution >= 0.6 is 0 Å². The number of nitrogens with zero attached hydrogens (tertiary/aromatic N) is 1. The Labute approximate surface area is 137 Å². The molecule has 2 aromatic rings.